The lowest BCUT2D eigenvalue weighted by molar-refractivity contribution is -0.160. The molecule has 116 valence electrons. The van der Waals surface area contributed by atoms with E-state index in [1.54, 1.807) is 7.11 Å². The van der Waals surface area contributed by atoms with E-state index < -0.39 is 0 Å². The molecule has 0 aliphatic carbocycles. The van der Waals surface area contributed by atoms with E-state index in [9.17, 15) is 4.79 Å². The minimum absolute atomic E-state index is 0.158. The molecule has 4 atom stereocenters. The molecular formula is C17H24O4. The lowest BCUT2D eigenvalue weighted by Gasteiger charge is -2.29. The van der Waals surface area contributed by atoms with Gasteiger partial charge < -0.3 is 14.2 Å². The highest BCUT2D eigenvalue weighted by molar-refractivity contribution is 5.72. The molecule has 0 spiro atoms. The van der Waals surface area contributed by atoms with E-state index in [2.05, 4.69) is 12.1 Å². The third-order valence-corrected chi connectivity index (χ3v) is 3.94. The minimum atomic E-state index is -0.277. The molecule has 1 aromatic carbocycles. The van der Waals surface area contributed by atoms with Crippen LogP contribution in [0, 0.1) is 11.8 Å². The number of carbonyl (C=O) groups excluding carboxylic acids is 1. The summed E-state index contributed by atoms with van der Waals surface area (Å²) in [6, 6.07) is 10.2. The number of cyclic esters (lactones) is 1. The highest BCUT2D eigenvalue weighted by Crippen LogP contribution is 2.22. The largest absolute Gasteiger partial charge is 0.460 e. The van der Waals surface area contributed by atoms with E-state index >= 15 is 0 Å². The number of rotatable bonds is 3. The second-order valence-corrected chi connectivity index (χ2v) is 5.73. The van der Waals surface area contributed by atoms with Crippen LogP contribution in [-0.2, 0) is 25.4 Å². The van der Waals surface area contributed by atoms with Gasteiger partial charge >= 0.3 is 5.97 Å². The van der Waals surface area contributed by atoms with Crippen LogP contribution in [0.1, 0.15) is 19.4 Å². The third kappa shape index (κ3) is 4.29. The summed E-state index contributed by atoms with van der Waals surface area (Å²) in [6.07, 6.45) is 0.398. The van der Waals surface area contributed by atoms with Gasteiger partial charge in [0, 0.05) is 13.0 Å². The average Bonchev–Trinajstić information content (AvgIpc) is 2.52. The van der Waals surface area contributed by atoms with Crippen LogP contribution in [0.4, 0.5) is 0 Å². The van der Waals surface area contributed by atoms with Crippen LogP contribution in [0.25, 0.3) is 0 Å². The molecule has 1 fully saturated rings. The van der Waals surface area contributed by atoms with Gasteiger partial charge in [-0.1, -0.05) is 30.3 Å². The van der Waals surface area contributed by atoms with E-state index in [4.69, 9.17) is 14.2 Å². The van der Waals surface area contributed by atoms with Crippen molar-refractivity contribution in [1.29, 1.82) is 0 Å². The zero-order valence-corrected chi connectivity index (χ0v) is 13.0. The molecule has 21 heavy (non-hydrogen) atoms. The van der Waals surface area contributed by atoms with Gasteiger partial charge in [0.25, 0.3) is 0 Å². The monoisotopic (exact) mass is 292 g/mol. The first-order chi connectivity index (χ1) is 10.1. The number of benzene rings is 1. The van der Waals surface area contributed by atoms with Gasteiger partial charge in [-0.2, -0.15) is 0 Å². The molecule has 0 bridgehead atoms. The summed E-state index contributed by atoms with van der Waals surface area (Å²) in [6.45, 7) is 4.68. The van der Waals surface area contributed by atoms with Gasteiger partial charge in [0.15, 0.2) is 0 Å². The smallest absolute Gasteiger partial charge is 0.311 e. The Morgan fingerprint density at radius 3 is 2.57 bits per heavy atom. The number of esters is 1. The maximum Gasteiger partial charge on any atom is 0.311 e. The predicted octanol–water partition coefficient (Wildman–Crippen LogP) is 2.46. The summed E-state index contributed by atoms with van der Waals surface area (Å²) in [5, 5.41) is 0. The lowest BCUT2D eigenvalue weighted by atomic mass is 9.92. The van der Waals surface area contributed by atoms with Crippen LogP contribution in [0.3, 0.4) is 0 Å². The summed E-state index contributed by atoms with van der Waals surface area (Å²) in [4.78, 5) is 11.9. The zero-order chi connectivity index (χ0) is 15.2. The second kappa shape index (κ2) is 7.57. The lowest BCUT2D eigenvalue weighted by Crippen LogP contribution is -2.39. The molecular weight excluding hydrogens is 268 g/mol. The molecule has 0 aromatic heterocycles. The maximum atomic E-state index is 11.9. The van der Waals surface area contributed by atoms with Crippen LogP contribution < -0.4 is 0 Å². The first-order valence-corrected chi connectivity index (χ1v) is 7.46. The molecule has 4 heteroatoms. The Kier molecular flexibility index (Phi) is 5.76. The molecule has 2 rings (SSSR count). The summed E-state index contributed by atoms with van der Waals surface area (Å²) >= 11 is 0. The topological polar surface area (TPSA) is 44.8 Å². The minimum Gasteiger partial charge on any atom is -0.460 e. The highest BCUT2D eigenvalue weighted by Gasteiger charge is 2.32. The van der Waals surface area contributed by atoms with Crippen molar-refractivity contribution < 1.29 is 19.0 Å². The van der Waals surface area contributed by atoms with Gasteiger partial charge in [-0.25, -0.2) is 0 Å². The standard InChI is InChI=1S/C17H24O4/c1-12-10-20-11-15(9-14-7-5-4-6-8-14)16(19-3)13(2)21-17(12)18/h4-8,12-13,15-16H,9-11H2,1-3H3/t12-,13-,15-,16-/m0/s1. The van der Waals surface area contributed by atoms with Gasteiger partial charge in [0.2, 0.25) is 0 Å². The molecule has 1 aliphatic rings. The Balaban J connectivity index is 2.14. The maximum absolute atomic E-state index is 11.9. The van der Waals surface area contributed by atoms with Crippen molar-refractivity contribution in [2.75, 3.05) is 20.3 Å². The summed E-state index contributed by atoms with van der Waals surface area (Å²) in [7, 11) is 1.66. The molecule has 0 saturated carbocycles. The van der Waals surface area contributed by atoms with Gasteiger partial charge in [-0.05, 0) is 25.8 Å². The normalized spacial score (nSPS) is 30.9. The van der Waals surface area contributed by atoms with Crippen molar-refractivity contribution in [2.24, 2.45) is 11.8 Å². The van der Waals surface area contributed by atoms with E-state index in [-0.39, 0.29) is 30.0 Å². The van der Waals surface area contributed by atoms with Crippen LogP contribution in [0.15, 0.2) is 30.3 Å². The fourth-order valence-corrected chi connectivity index (χ4v) is 2.78. The van der Waals surface area contributed by atoms with Crippen molar-refractivity contribution in [3.05, 3.63) is 35.9 Å². The summed E-state index contributed by atoms with van der Waals surface area (Å²) in [5.74, 6) is -0.296. The Morgan fingerprint density at radius 1 is 1.19 bits per heavy atom. The van der Waals surface area contributed by atoms with Crippen molar-refractivity contribution in [3.8, 4) is 0 Å². The van der Waals surface area contributed by atoms with E-state index in [0.29, 0.717) is 13.2 Å². The van der Waals surface area contributed by atoms with E-state index in [0.717, 1.165) is 6.42 Å². The fraction of sp³-hybridized carbons (Fsp3) is 0.588. The molecule has 1 saturated heterocycles. The van der Waals surface area contributed by atoms with Crippen LogP contribution >= 0.6 is 0 Å². The molecule has 0 unspecified atom stereocenters. The Bertz CT molecular complexity index is 445. The van der Waals surface area contributed by atoms with Crippen molar-refractivity contribution >= 4 is 5.97 Å². The van der Waals surface area contributed by atoms with Crippen molar-refractivity contribution in [2.45, 2.75) is 32.5 Å². The molecule has 1 heterocycles. The number of carbonyl (C=O) groups is 1. The molecule has 4 nitrogen and oxygen atoms in total. The van der Waals surface area contributed by atoms with Crippen LogP contribution in [0.2, 0.25) is 0 Å². The Labute approximate surface area is 126 Å². The summed E-state index contributed by atoms with van der Waals surface area (Å²) in [5.41, 5.74) is 1.24. The number of ether oxygens (including phenoxy) is 3. The SMILES string of the molecule is CO[C@@H]1[C@@H](Cc2ccccc2)COC[C@H](C)C(=O)O[C@H]1C. The molecule has 1 aromatic rings. The summed E-state index contributed by atoms with van der Waals surface area (Å²) < 4.78 is 16.8. The van der Waals surface area contributed by atoms with E-state index in [1.807, 2.05) is 32.0 Å². The van der Waals surface area contributed by atoms with Gasteiger partial charge in [0.05, 0.1) is 25.2 Å². The quantitative estimate of drug-likeness (QED) is 0.803. The number of methoxy groups -OCH3 is 1. The molecule has 1 aliphatic heterocycles. The van der Waals surface area contributed by atoms with Crippen LogP contribution in [0.5, 0.6) is 0 Å². The highest BCUT2D eigenvalue weighted by atomic mass is 16.6. The number of hydrogen-bond donors (Lipinski definition) is 0. The third-order valence-electron chi connectivity index (χ3n) is 3.94. The van der Waals surface area contributed by atoms with Crippen LogP contribution in [-0.4, -0.2) is 38.5 Å². The van der Waals surface area contributed by atoms with Gasteiger partial charge in [-0.15, -0.1) is 0 Å². The molecule has 0 amide bonds. The average molecular weight is 292 g/mol. The van der Waals surface area contributed by atoms with Gasteiger partial charge in [-0.3, -0.25) is 4.79 Å². The Hall–Kier alpha value is -1.39. The fourth-order valence-electron chi connectivity index (χ4n) is 2.78. The van der Waals surface area contributed by atoms with Gasteiger partial charge in [0.1, 0.15) is 6.10 Å². The van der Waals surface area contributed by atoms with Crippen molar-refractivity contribution in [3.63, 3.8) is 0 Å². The first-order valence-electron chi connectivity index (χ1n) is 7.46. The Morgan fingerprint density at radius 2 is 1.90 bits per heavy atom. The second-order valence-electron chi connectivity index (χ2n) is 5.73. The number of hydrogen-bond acceptors (Lipinski definition) is 4. The van der Waals surface area contributed by atoms with Crippen molar-refractivity contribution in [1.82, 2.24) is 0 Å². The predicted molar refractivity (Wildman–Crippen MR) is 80.0 cm³/mol. The molecule has 0 radical (unpaired) electrons. The molecule has 0 N–H and O–H groups in total. The van der Waals surface area contributed by atoms with E-state index in [1.165, 1.54) is 5.56 Å². The zero-order valence-electron chi connectivity index (χ0n) is 13.0. The first kappa shape index (κ1) is 16.0.